The molecular formula is C18H30N2O. The van der Waals surface area contributed by atoms with Crippen molar-refractivity contribution in [2.45, 2.75) is 70.9 Å². The van der Waals surface area contributed by atoms with Crippen LogP contribution in [0.5, 0.6) is 0 Å². The lowest BCUT2D eigenvalue weighted by molar-refractivity contribution is 0.00521. The zero-order chi connectivity index (χ0) is 14.9. The largest absolute Gasteiger partial charge is 0.378 e. The second-order valence-electron chi connectivity index (χ2n) is 6.09. The standard InChI is InChI=1S/C18H30N2O/c1-3-10-19-17(13-18-7-5-6-11-21-18)12-16-9-8-15(4-2)14-20-16/h8-9,14,17-19H,3-7,10-13H2,1-2H3. The smallest absolute Gasteiger partial charge is 0.0590 e. The van der Waals surface area contributed by atoms with Gasteiger partial charge in [-0.05, 0) is 56.7 Å². The van der Waals surface area contributed by atoms with Gasteiger partial charge in [0, 0.05) is 31.0 Å². The Hall–Kier alpha value is -0.930. The number of nitrogens with zero attached hydrogens (tertiary/aromatic N) is 1. The summed E-state index contributed by atoms with van der Waals surface area (Å²) in [6.45, 7) is 6.40. The molecule has 1 saturated heterocycles. The van der Waals surface area contributed by atoms with Gasteiger partial charge in [0.25, 0.3) is 0 Å². The number of ether oxygens (including phenoxy) is 1. The van der Waals surface area contributed by atoms with E-state index in [-0.39, 0.29) is 0 Å². The fourth-order valence-electron chi connectivity index (χ4n) is 2.94. The number of nitrogens with one attached hydrogen (secondary N) is 1. The van der Waals surface area contributed by atoms with Gasteiger partial charge in [-0.2, -0.15) is 0 Å². The summed E-state index contributed by atoms with van der Waals surface area (Å²) in [5.41, 5.74) is 2.50. The van der Waals surface area contributed by atoms with Gasteiger partial charge in [0.05, 0.1) is 6.10 Å². The van der Waals surface area contributed by atoms with Gasteiger partial charge in [-0.1, -0.05) is 19.9 Å². The maximum atomic E-state index is 5.90. The van der Waals surface area contributed by atoms with E-state index < -0.39 is 0 Å². The highest BCUT2D eigenvalue weighted by Gasteiger charge is 2.19. The van der Waals surface area contributed by atoms with Gasteiger partial charge in [0.1, 0.15) is 0 Å². The fraction of sp³-hybridized carbons (Fsp3) is 0.722. The maximum Gasteiger partial charge on any atom is 0.0590 e. The molecule has 118 valence electrons. The Balaban J connectivity index is 1.90. The molecule has 21 heavy (non-hydrogen) atoms. The van der Waals surface area contributed by atoms with Crippen LogP contribution in [0, 0.1) is 0 Å². The van der Waals surface area contributed by atoms with E-state index >= 15 is 0 Å². The van der Waals surface area contributed by atoms with Crippen molar-refractivity contribution >= 4 is 0 Å². The number of aryl methyl sites for hydroxylation is 1. The minimum Gasteiger partial charge on any atom is -0.378 e. The summed E-state index contributed by atoms with van der Waals surface area (Å²) in [6, 6.07) is 4.87. The van der Waals surface area contributed by atoms with Crippen LogP contribution >= 0.6 is 0 Å². The molecule has 1 aromatic heterocycles. The summed E-state index contributed by atoms with van der Waals surface area (Å²) < 4.78 is 5.90. The molecule has 3 heteroatoms. The normalized spacial score (nSPS) is 20.4. The molecule has 0 aliphatic carbocycles. The van der Waals surface area contributed by atoms with Crippen molar-refractivity contribution in [3.05, 3.63) is 29.6 Å². The third kappa shape index (κ3) is 5.76. The van der Waals surface area contributed by atoms with Crippen molar-refractivity contribution in [2.75, 3.05) is 13.2 Å². The molecule has 1 aliphatic rings. The molecule has 0 bridgehead atoms. The molecule has 0 radical (unpaired) electrons. The van der Waals surface area contributed by atoms with E-state index in [4.69, 9.17) is 4.74 Å². The third-order valence-electron chi connectivity index (χ3n) is 4.25. The predicted molar refractivity (Wildman–Crippen MR) is 87.6 cm³/mol. The van der Waals surface area contributed by atoms with Crippen LogP contribution in [0.25, 0.3) is 0 Å². The van der Waals surface area contributed by atoms with Crippen molar-refractivity contribution in [3.63, 3.8) is 0 Å². The Morgan fingerprint density at radius 3 is 2.86 bits per heavy atom. The molecular weight excluding hydrogens is 260 g/mol. The van der Waals surface area contributed by atoms with Crippen LogP contribution in [0.15, 0.2) is 18.3 Å². The van der Waals surface area contributed by atoms with E-state index in [1.165, 1.54) is 36.9 Å². The average molecular weight is 290 g/mol. The molecule has 0 amide bonds. The van der Waals surface area contributed by atoms with Crippen LogP contribution in [0.2, 0.25) is 0 Å². The minimum absolute atomic E-state index is 0.433. The first-order valence-electron chi connectivity index (χ1n) is 8.60. The second kappa shape index (κ2) is 9.16. The van der Waals surface area contributed by atoms with Crippen molar-refractivity contribution < 1.29 is 4.74 Å². The van der Waals surface area contributed by atoms with E-state index in [1.807, 2.05) is 6.20 Å². The summed E-state index contributed by atoms with van der Waals surface area (Å²) in [4.78, 5) is 4.61. The molecule has 1 aromatic rings. The lowest BCUT2D eigenvalue weighted by atomic mass is 9.98. The van der Waals surface area contributed by atoms with Gasteiger partial charge in [0.2, 0.25) is 0 Å². The van der Waals surface area contributed by atoms with Crippen LogP contribution in [-0.4, -0.2) is 30.3 Å². The number of rotatable bonds is 8. The van der Waals surface area contributed by atoms with E-state index in [9.17, 15) is 0 Å². The lowest BCUT2D eigenvalue weighted by Crippen LogP contribution is -2.37. The van der Waals surface area contributed by atoms with E-state index in [0.29, 0.717) is 12.1 Å². The van der Waals surface area contributed by atoms with Crippen LogP contribution in [0.4, 0.5) is 0 Å². The SMILES string of the molecule is CCCNC(Cc1ccc(CC)cn1)CC1CCCCO1. The molecule has 2 rings (SSSR count). The molecule has 1 fully saturated rings. The molecule has 2 heterocycles. The summed E-state index contributed by atoms with van der Waals surface area (Å²) >= 11 is 0. The Morgan fingerprint density at radius 2 is 2.24 bits per heavy atom. The Bertz CT molecular complexity index is 385. The highest BCUT2D eigenvalue weighted by Crippen LogP contribution is 2.18. The number of hydrogen-bond donors (Lipinski definition) is 1. The molecule has 1 N–H and O–H groups in total. The van der Waals surface area contributed by atoms with Crippen molar-refractivity contribution in [3.8, 4) is 0 Å². The number of pyridine rings is 1. The van der Waals surface area contributed by atoms with Gasteiger partial charge >= 0.3 is 0 Å². The van der Waals surface area contributed by atoms with Gasteiger partial charge in [-0.3, -0.25) is 4.98 Å². The van der Waals surface area contributed by atoms with Gasteiger partial charge in [0.15, 0.2) is 0 Å². The first kappa shape index (κ1) is 16.4. The topological polar surface area (TPSA) is 34.2 Å². The molecule has 2 atom stereocenters. The van der Waals surface area contributed by atoms with Crippen LogP contribution < -0.4 is 5.32 Å². The minimum atomic E-state index is 0.433. The Morgan fingerprint density at radius 1 is 1.33 bits per heavy atom. The zero-order valence-corrected chi connectivity index (χ0v) is 13.6. The summed E-state index contributed by atoms with van der Waals surface area (Å²) in [6.07, 6.45) is 10.5. The van der Waals surface area contributed by atoms with Crippen molar-refractivity contribution in [2.24, 2.45) is 0 Å². The lowest BCUT2D eigenvalue weighted by Gasteiger charge is -2.27. The molecule has 2 unspecified atom stereocenters. The third-order valence-corrected chi connectivity index (χ3v) is 4.25. The number of hydrogen-bond acceptors (Lipinski definition) is 3. The average Bonchev–Trinajstić information content (AvgIpc) is 2.54. The summed E-state index contributed by atoms with van der Waals surface area (Å²) in [7, 11) is 0. The van der Waals surface area contributed by atoms with Gasteiger partial charge in [-0.25, -0.2) is 0 Å². The Labute approximate surface area is 129 Å². The van der Waals surface area contributed by atoms with Gasteiger partial charge in [-0.15, -0.1) is 0 Å². The Kier molecular flexibility index (Phi) is 7.17. The van der Waals surface area contributed by atoms with Crippen LogP contribution in [0.1, 0.15) is 57.2 Å². The van der Waals surface area contributed by atoms with Crippen LogP contribution in [0.3, 0.4) is 0 Å². The summed E-state index contributed by atoms with van der Waals surface area (Å²) in [5, 5.41) is 3.67. The van der Waals surface area contributed by atoms with E-state index in [0.717, 1.165) is 32.4 Å². The van der Waals surface area contributed by atoms with E-state index in [2.05, 4.69) is 36.3 Å². The van der Waals surface area contributed by atoms with E-state index in [1.54, 1.807) is 0 Å². The first-order valence-corrected chi connectivity index (χ1v) is 8.60. The molecule has 0 aromatic carbocycles. The highest BCUT2D eigenvalue weighted by atomic mass is 16.5. The summed E-state index contributed by atoms with van der Waals surface area (Å²) in [5.74, 6) is 0. The van der Waals surface area contributed by atoms with Crippen molar-refractivity contribution in [1.82, 2.24) is 10.3 Å². The monoisotopic (exact) mass is 290 g/mol. The predicted octanol–water partition coefficient (Wildman–Crippen LogP) is 3.51. The fourth-order valence-corrected chi connectivity index (χ4v) is 2.94. The molecule has 0 spiro atoms. The van der Waals surface area contributed by atoms with Crippen molar-refractivity contribution in [1.29, 1.82) is 0 Å². The second-order valence-corrected chi connectivity index (χ2v) is 6.09. The molecule has 1 aliphatic heterocycles. The maximum absolute atomic E-state index is 5.90. The first-order chi connectivity index (χ1) is 10.3. The molecule has 3 nitrogen and oxygen atoms in total. The zero-order valence-electron chi connectivity index (χ0n) is 13.6. The number of aromatic nitrogens is 1. The molecule has 0 saturated carbocycles. The van der Waals surface area contributed by atoms with Crippen LogP contribution in [-0.2, 0) is 17.6 Å². The highest BCUT2D eigenvalue weighted by molar-refractivity contribution is 5.14. The quantitative estimate of drug-likeness (QED) is 0.795. The van der Waals surface area contributed by atoms with Gasteiger partial charge < -0.3 is 10.1 Å².